The van der Waals surface area contributed by atoms with Crippen LogP contribution in [0.25, 0.3) is 0 Å². The van der Waals surface area contributed by atoms with Crippen molar-refractivity contribution in [3.63, 3.8) is 0 Å². The van der Waals surface area contributed by atoms with Crippen LogP contribution >= 0.6 is 0 Å². The number of unbranched alkanes of at least 4 members (excludes halogenated alkanes) is 1. The van der Waals surface area contributed by atoms with Gasteiger partial charge >= 0.3 is 10.3 Å². The van der Waals surface area contributed by atoms with Gasteiger partial charge in [0.1, 0.15) is 0 Å². The maximum Gasteiger partial charge on any atom is 0.336 e. The lowest BCUT2D eigenvalue weighted by molar-refractivity contribution is 0.336. The lowest BCUT2D eigenvalue weighted by Crippen LogP contribution is -2.31. The Morgan fingerprint density at radius 1 is 1.39 bits per heavy atom. The topological polar surface area (TPSA) is 86.6 Å². The standard InChI is InChI=1S/C15H26N4O3S/c1-4-6-9-18(5-2)15-16-12(3)11-13(17-15)14-8-7-10-19(14)23(20,21)22/h11,14H,4-10H2,1-3H3,(H,20,21,22). The quantitative estimate of drug-likeness (QED) is 0.766. The number of aryl methyl sites for hydroxylation is 1. The van der Waals surface area contributed by atoms with E-state index in [1.807, 2.05) is 13.0 Å². The van der Waals surface area contributed by atoms with Gasteiger partial charge in [0.15, 0.2) is 0 Å². The molecule has 130 valence electrons. The highest BCUT2D eigenvalue weighted by Crippen LogP contribution is 2.33. The van der Waals surface area contributed by atoms with E-state index in [1.165, 1.54) is 0 Å². The summed E-state index contributed by atoms with van der Waals surface area (Å²) in [5, 5.41) is 0. The normalized spacial score (nSPS) is 19.2. The number of anilines is 1. The van der Waals surface area contributed by atoms with Crippen LogP contribution in [0.4, 0.5) is 5.95 Å². The van der Waals surface area contributed by atoms with Crippen molar-refractivity contribution in [2.75, 3.05) is 24.5 Å². The Morgan fingerprint density at radius 3 is 2.74 bits per heavy atom. The molecule has 8 heteroatoms. The van der Waals surface area contributed by atoms with E-state index < -0.39 is 16.3 Å². The van der Waals surface area contributed by atoms with Gasteiger partial charge in [0.2, 0.25) is 5.95 Å². The summed E-state index contributed by atoms with van der Waals surface area (Å²) >= 11 is 0. The van der Waals surface area contributed by atoms with Crippen LogP contribution in [0.5, 0.6) is 0 Å². The number of aromatic nitrogens is 2. The van der Waals surface area contributed by atoms with Gasteiger partial charge in [0, 0.05) is 25.3 Å². The van der Waals surface area contributed by atoms with Crippen molar-refractivity contribution in [1.82, 2.24) is 14.3 Å². The molecule has 0 saturated carbocycles. The van der Waals surface area contributed by atoms with E-state index in [9.17, 15) is 13.0 Å². The maximum atomic E-state index is 11.5. The first-order chi connectivity index (χ1) is 10.9. The monoisotopic (exact) mass is 342 g/mol. The van der Waals surface area contributed by atoms with Gasteiger partial charge in [-0.1, -0.05) is 13.3 Å². The van der Waals surface area contributed by atoms with E-state index in [-0.39, 0.29) is 0 Å². The summed E-state index contributed by atoms with van der Waals surface area (Å²) in [7, 11) is -4.21. The summed E-state index contributed by atoms with van der Waals surface area (Å²) in [6, 6.07) is 1.40. The fraction of sp³-hybridized carbons (Fsp3) is 0.733. The Labute approximate surface area is 138 Å². The molecule has 1 aromatic heterocycles. The second kappa shape index (κ2) is 7.55. The Kier molecular flexibility index (Phi) is 5.94. The molecule has 0 spiro atoms. The molecule has 1 unspecified atom stereocenters. The minimum atomic E-state index is -4.21. The molecule has 0 aliphatic carbocycles. The van der Waals surface area contributed by atoms with Crippen molar-refractivity contribution in [2.45, 2.75) is 52.5 Å². The minimum absolute atomic E-state index is 0.329. The van der Waals surface area contributed by atoms with E-state index >= 15 is 0 Å². The van der Waals surface area contributed by atoms with Crippen molar-refractivity contribution in [3.8, 4) is 0 Å². The molecule has 0 amide bonds. The highest BCUT2D eigenvalue weighted by Gasteiger charge is 2.35. The van der Waals surface area contributed by atoms with Crippen molar-refractivity contribution >= 4 is 16.3 Å². The van der Waals surface area contributed by atoms with Crippen molar-refractivity contribution in [1.29, 1.82) is 0 Å². The van der Waals surface area contributed by atoms with Crippen molar-refractivity contribution in [3.05, 3.63) is 17.5 Å². The van der Waals surface area contributed by atoms with E-state index in [1.54, 1.807) is 0 Å². The summed E-state index contributed by atoms with van der Waals surface area (Å²) in [4.78, 5) is 11.2. The van der Waals surface area contributed by atoms with Gasteiger partial charge in [-0.2, -0.15) is 12.7 Å². The molecular weight excluding hydrogens is 316 g/mol. The lowest BCUT2D eigenvalue weighted by Gasteiger charge is -2.24. The molecule has 0 aromatic carbocycles. The molecule has 1 aromatic rings. The third-order valence-corrected chi connectivity index (χ3v) is 5.18. The molecule has 1 aliphatic heterocycles. The predicted octanol–water partition coefficient (Wildman–Crippen LogP) is 2.35. The van der Waals surface area contributed by atoms with Gasteiger partial charge in [-0.15, -0.1) is 0 Å². The second-order valence-electron chi connectivity index (χ2n) is 5.91. The highest BCUT2D eigenvalue weighted by atomic mass is 32.2. The first-order valence-electron chi connectivity index (χ1n) is 8.21. The van der Waals surface area contributed by atoms with Crippen molar-refractivity contribution < 1.29 is 13.0 Å². The van der Waals surface area contributed by atoms with Gasteiger partial charge in [-0.25, -0.2) is 9.97 Å². The van der Waals surface area contributed by atoms with Gasteiger partial charge in [-0.3, -0.25) is 4.55 Å². The first kappa shape index (κ1) is 18.1. The van der Waals surface area contributed by atoms with Crippen LogP contribution in [-0.4, -0.2) is 46.9 Å². The molecule has 1 atom stereocenters. The molecule has 0 radical (unpaired) electrons. The SMILES string of the molecule is CCCCN(CC)c1nc(C)cc(C2CCCN2S(=O)(=O)O)n1. The Morgan fingerprint density at radius 2 is 2.13 bits per heavy atom. The number of hydrogen-bond donors (Lipinski definition) is 1. The zero-order valence-corrected chi connectivity index (χ0v) is 14.9. The molecule has 1 fully saturated rings. The van der Waals surface area contributed by atoms with Gasteiger partial charge in [0.05, 0.1) is 11.7 Å². The molecule has 23 heavy (non-hydrogen) atoms. The Balaban J connectivity index is 2.33. The summed E-state index contributed by atoms with van der Waals surface area (Å²) in [6.45, 7) is 8.09. The molecule has 0 bridgehead atoms. The molecule has 1 aliphatic rings. The van der Waals surface area contributed by atoms with E-state index in [4.69, 9.17) is 0 Å². The zero-order chi connectivity index (χ0) is 17.0. The smallest absolute Gasteiger partial charge is 0.336 e. The molecule has 2 heterocycles. The van der Waals surface area contributed by atoms with Crippen LogP contribution in [-0.2, 0) is 10.3 Å². The zero-order valence-electron chi connectivity index (χ0n) is 14.1. The second-order valence-corrected chi connectivity index (χ2v) is 7.28. The number of rotatable bonds is 7. The largest absolute Gasteiger partial charge is 0.341 e. The molecule has 1 saturated heterocycles. The van der Waals surface area contributed by atoms with Crippen LogP contribution in [0.15, 0.2) is 6.07 Å². The highest BCUT2D eigenvalue weighted by molar-refractivity contribution is 7.83. The first-order valence-corrected chi connectivity index (χ1v) is 9.61. The average Bonchev–Trinajstić information content (AvgIpc) is 2.97. The molecular formula is C15H26N4O3S. The molecule has 7 nitrogen and oxygen atoms in total. The van der Waals surface area contributed by atoms with Crippen LogP contribution in [0.3, 0.4) is 0 Å². The fourth-order valence-corrected chi connectivity index (χ4v) is 3.84. The third-order valence-electron chi connectivity index (χ3n) is 4.15. The predicted molar refractivity (Wildman–Crippen MR) is 89.8 cm³/mol. The summed E-state index contributed by atoms with van der Waals surface area (Å²) in [5.41, 5.74) is 1.47. The summed E-state index contributed by atoms with van der Waals surface area (Å²) in [6.07, 6.45) is 3.53. The maximum absolute atomic E-state index is 11.5. The molecule has 2 rings (SSSR count). The summed E-state index contributed by atoms with van der Waals surface area (Å²) < 4.78 is 33.6. The van der Waals surface area contributed by atoms with E-state index in [2.05, 4.69) is 28.7 Å². The molecule has 1 N–H and O–H groups in total. The fourth-order valence-electron chi connectivity index (χ4n) is 2.95. The number of hydrogen-bond acceptors (Lipinski definition) is 5. The van der Waals surface area contributed by atoms with Gasteiger partial charge < -0.3 is 4.90 Å². The average molecular weight is 342 g/mol. The number of nitrogens with zero attached hydrogens (tertiary/aromatic N) is 4. The van der Waals surface area contributed by atoms with Crippen LogP contribution < -0.4 is 4.90 Å². The van der Waals surface area contributed by atoms with Crippen LogP contribution in [0.1, 0.15) is 57.0 Å². The van der Waals surface area contributed by atoms with Crippen LogP contribution in [0, 0.1) is 6.92 Å². The minimum Gasteiger partial charge on any atom is -0.341 e. The third kappa shape index (κ3) is 4.39. The van der Waals surface area contributed by atoms with Gasteiger partial charge in [-0.05, 0) is 39.2 Å². The van der Waals surface area contributed by atoms with E-state index in [0.717, 1.165) is 42.4 Å². The summed E-state index contributed by atoms with van der Waals surface area (Å²) in [5.74, 6) is 0.637. The van der Waals surface area contributed by atoms with Crippen molar-refractivity contribution in [2.24, 2.45) is 0 Å². The van der Waals surface area contributed by atoms with Gasteiger partial charge in [0.25, 0.3) is 0 Å². The Bertz CT molecular complexity index is 636. The van der Waals surface area contributed by atoms with Crippen LogP contribution in [0.2, 0.25) is 0 Å². The Hall–Kier alpha value is -1.25. The lowest BCUT2D eigenvalue weighted by atomic mass is 10.1. The van der Waals surface area contributed by atoms with E-state index in [0.29, 0.717) is 24.6 Å².